The minimum atomic E-state index is -1.48. The first-order chi connectivity index (χ1) is 15.4. The molecule has 11 heteroatoms. The van der Waals surface area contributed by atoms with Crippen molar-refractivity contribution in [2.24, 2.45) is 5.73 Å². The number of nitrogens with two attached hydrogens (primary N) is 1. The predicted octanol–water partition coefficient (Wildman–Crippen LogP) is 1.92. The van der Waals surface area contributed by atoms with E-state index in [4.69, 9.17) is 37.3 Å². The van der Waals surface area contributed by atoms with Crippen LogP contribution >= 0.6 is 11.6 Å². The summed E-state index contributed by atoms with van der Waals surface area (Å²) in [7, 11) is 1.46. The maximum atomic E-state index is 12.6. The first-order valence-electron chi connectivity index (χ1n) is 9.70. The number of ether oxygens (including phenoxy) is 2. The molecule has 0 aliphatic carbocycles. The molecule has 2 aromatic carbocycles. The molecule has 2 aromatic rings. The van der Waals surface area contributed by atoms with Crippen LogP contribution in [0.1, 0.15) is 35.3 Å². The number of aliphatic carboxylic acids is 1. The topological polar surface area (TPSA) is 164 Å². The smallest absolute Gasteiger partial charge is 0.328 e. The van der Waals surface area contributed by atoms with Crippen molar-refractivity contribution in [3.05, 3.63) is 58.1 Å². The van der Waals surface area contributed by atoms with Crippen molar-refractivity contribution in [2.45, 2.75) is 25.9 Å². The summed E-state index contributed by atoms with van der Waals surface area (Å²) in [6, 6.07) is 9.23. The summed E-state index contributed by atoms with van der Waals surface area (Å²) in [6.07, 6.45) is 0. The quantitative estimate of drug-likeness (QED) is 0.258. The van der Waals surface area contributed by atoms with Crippen LogP contribution in [0.5, 0.6) is 11.5 Å². The van der Waals surface area contributed by atoms with Crippen LogP contribution in [-0.2, 0) is 16.1 Å². The number of rotatable bonds is 10. The van der Waals surface area contributed by atoms with Crippen molar-refractivity contribution in [3.8, 4) is 11.5 Å². The lowest BCUT2D eigenvalue weighted by Gasteiger charge is -2.21. The van der Waals surface area contributed by atoms with Crippen molar-refractivity contribution in [1.29, 1.82) is 5.41 Å². The molecule has 33 heavy (non-hydrogen) atoms. The molecular formula is C22H25ClN4O6. The van der Waals surface area contributed by atoms with Gasteiger partial charge in [-0.2, -0.15) is 0 Å². The van der Waals surface area contributed by atoms with Gasteiger partial charge in [-0.05, 0) is 38.1 Å². The first-order valence-corrected chi connectivity index (χ1v) is 10.1. The number of hydrogen-bond acceptors (Lipinski definition) is 6. The molecule has 0 atom stereocenters. The summed E-state index contributed by atoms with van der Waals surface area (Å²) in [5.41, 5.74) is 5.21. The van der Waals surface area contributed by atoms with Gasteiger partial charge >= 0.3 is 5.97 Å². The number of hydrogen-bond donors (Lipinski definition) is 5. The summed E-state index contributed by atoms with van der Waals surface area (Å²) in [5, 5.41) is 22.2. The highest BCUT2D eigenvalue weighted by molar-refractivity contribution is 6.31. The third-order valence-electron chi connectivity index (χ3n) is 4.53. The molecule has 0 fully saturated rings. The third kappa shape index (κ3) is 7.11. The fraction of sp³-hybridized carbons (Fsp3) is 0.273. The average Bonchev–Trinajstić information content (AvgIpc) is 2.75. The van der Waals surface area contributed by atoms with Crippen molar-refractivity contribution >= 4 is 35.2 Å². The number of methoxy groups -OCH3 is 1. The minimum absolute atomic E-state index is 0.0312. The van der Waals surface area contributed by atoms with Gasteiger partial charge in [0, 0.05) is 28.3 Å². The van der Waals surface area contributed by atoms with E-state index in [2.05, 4.69) is 10.6 Å². The largest absolute Gasteiger partial charge is 0.497 e. The number of amidine groups is 1. The maximum Gasteiger partial charge on any atom is 0.328 e. The molecule has 0 unspecified atom stereocenters. The Bertz CT molecular complexity index is 1090. The third-order valence-corrected chi connectivity index (χ3v) is 4.75. The molecule has 6 N–H and O–H groups in total. The molecule has 2 amide bonds. The zero-order valence-corrected chi connectivity index (χ0v) is 19.1. The summed E-state index contributed by atoms with van der Waals surface area (Å²) < 4.78 is 10.7. The first kappa shape index (κ1) is 25.5. The van der Waals surface area contributed by atoms with Crippen LogP contribution in [0.15, 0.2) is 36.4 Å². The van der Waals surface area contributed by atoms with Gasteiger partial charge in [-0.1, -0.05) is 23.7 Å². The summed E-state index contributed by atoms with van der Waals surface area (Å²) in [5.74, 6) is -1.85. The Balaban J connectivity index is 2.16. The SMILES string of the molecule is COc1cc(Cl)cc(C(=O)NCc2ccc(C(=N)N)cc2OCC(=O)NC(C)(C)C(=O)O)c1. The lowest BCUT2D eigenvalue weighted by atomic mass is 10.1. The summed E-state index contributed by atoms with van der Waals surface area (Å²) in [6.45, 7) is 2.23. The van der Waals surface area contributed by atoms with Gasteiger partial charge in [0.05, 0.1) is 7.11 Å². The fourth-order valence-corrected chi connectivity index (χ4v) is 2.90. The average molecular weight is 477 g/mol. The van der Waals surface area contributed by atoms with E-state index in [-0.39, 0.29) is 23.7 Å². The summed E-state index contributed by atoms with van der Waals surface area (Å²) in [4.78, 5) is 35.9. The Hall–Kier alpha value is -3.79. The van der Waals surface area contributed by atoms with Gasteiger partial charge in [-0.15, -0.1) is 0 Å². The van der Waals surface area contributed by atoms with E-state index in [0.29, 0.717) is 21.9 Å². The second-order valence-electron chi connectivity index (χ2n) is 7.57. The predicted molar refractivity (Wildman–Crippen MR) is 122 cm³/mol. The highest BCUT2D eigenvalue weighted by Crippen LogP contribution is 2.23. The molecule has 0 spiro atoms. The highest BCUT2D eigenvalue weighted by atomic mass is 35.5. The van der Waals surface area contributed by atoms with Gasteiger partial charge in [-0.25, -0.2) is 4.79 Å². The van der Waals surface area contributed by atoms with Crippen LogP contribution < -0.4 is 25.8 Å². The van der Waals surface area contributed by atoms with Gasteiger partial charge in [-0.3, -0.25) is 15.0 Å². The molecule has 0 aromatic heterocycles. The van der Waals surface area contributed by atoms with Gasteiger partial charge in [0.2, 0.25) is 0 Å². The number of carboxylic acids is 1. The number of carboxylic acid groups (broad SMARTS) is 1. The van der Waals surface area contributed by atoms with E-state index in [1.54, 1.807) is 18.2 Å². The number of nitrogen functional groups attached to an aromatic ring is 1. The molecule has 10 nitrogen and oxygen atoms in total. The number of carbonyl (C=O) groups is 3. The lowest BCUT2D eigenvalue weighted by molar-refractivity contribution is -0.146. The van der Waals surface area contributed by atoms with E-state index in [1.165, 1.54) is 39.2 Å². The Labute approximate surface area is 195 Å². The zero-order chi connectivity index (χ0) is 24.8. The molecule has 2 rings (SSSR count). The van der Waals surface area contributed by atoms with Crippen molar-refractivity contribution in [2.75, 3.05) is 13.7 Å². The number of halogens is 1. The Morgan fingerprint density at radius 1 is 1.15 bits per heavy atom. The monoisotopic (exact) mass is 476 g/mol. The molecular weight excluding hydrogens is 452 g/mol. The van der Waals surface area contributed by atoms with Gasteiger partial charge < -0.3 is 30.9 Å². The van der Waals surface area contributed by atoms with Crippen LogP contribution in [0.3, 0.4) is 0 Å². The molecule has 0 aliphatic heterocycles. The van der Waals surface area contributed by atoms with Gasteiger partial charge in [0.25, 0.3) is 11.8 Å². The van der Waals surface area contributed by atoms with Crippen LogP contribution in [0.2, 0.25) is 5.02 Å². The van der Waals surface area contributed by atoms with E-state index >= 15 is 0 Å². The Morgan fingerprint density at radius 3 is 2.45 bits per heavy atom. The second-order valence-corrected chi connectivity index (χ2v) is 8.00. The van der Waals surface area contributed by atoms with E-state index < -0.39 is 29.9 Å². The fourth-order valence-electron chi connectivity index (χ4n) is 2.67. The van der Waals surface area contributed by atoms with Crippen LogP contribution in [0, 0.1) is 5.41 Å². The molecule has 0 saturated heterocycles. The Kier molecular flexibility index (Phi) is 8.25. The van der Waals surface area contributed by atoms with Crippen molar-refractivity contribution in [1.82, 2.24) is 10.6 Å². The van der Waals surface area contributed by atoms with Crippen LogP contribution in [0.4, 0.5) is 0 Å². The number of amides is 2. The summed E-state index contributed by atoms with van der Waals surface area (Å²) >= 11 is 6.01. The Morgan fingerprint density at radius 2 is 1.85 bits per heavy atom. The van der Waals surface area contributed by atoms with Crippen LogP contribution in [-0.4, -0.2) is 48.0 Å². The van der Waals surface area contributed by atoms with E-state index in [9.17, 15) is 14.4 Å². The number of carbonyl (C=O) groups excluding carboxylic acids is 2. The molecule has 0 heterocycles. The maximum absolute atomic E-state index is 12.6. The van der Waals surface area contributed by atoms with Gasteiger partial charge in [0.15, 0.2) is 6.61 Å². The van der Waals surface area contributed by atoms with Crippen molar-refractivity contribution in [3.63, 3.8) is 0 Å². The van der Waals surface area contributed by atoms with E-state index in [1.807, 2.05) is 0 Å². The lowest BCUT2D eigenvalue weighted by Crippen LogP contribution is -2.51. The number of nitrogens with one attached hydrogen (secondary N) is 3. The van der Waals surface area contributed by atoms with E-state index in [0.717, 1.165) is 0 Å². The zero-order valence-electron chi connectivity index (χ0n) is 18.3. The molecule has 0 radical (unpaired) electrons. The molecule has 0 aliphatic rings. The molecule has 0 saturated carbocycles. The van der Waals surface area contributed by atoms with Gasteiger partial charge in [0.1, 0.15) is 22.9 Å². The minimum Gasteiger partial charge on any atom is -0.497 e. The van der Waals surface area contributed by atoms with Crippen LogP contribution in [0.25, 0.3) is 0 Å². The number of benzene rings is 2. The second kappa shape index (κ2) is 10.7. The standard InChI is InChI=1S/C22H25ClN4O6/c1-22(2,21(30)31)27-18(28)11-33-17-8-12(19(24)25)4-5-13(17)10-26-20(29)14-6-15(23)9-16(7-14)32-3/h4-9H,10-11H2,1-3H3,(H3,24,25)(H,26,29)(H,27,28)(H,30,31). The molecule has 0 bridgehead atoms. The highest BCUT2D eigenvalue weighted by Gasteiger charge is 2.29. The van der Waals surface area contributed by atoms with Crippen molar-refractivity contribution < 1.29 is 29.0 Å². The molecule has 176 valence electrons. The normalized spacial score (nSPS) is 10.8.